The second-order valence-corrected chi connectivity index (χ2v) is 7.71. The normalized spacial score (nSPS) is 16.7. The Bertz CT molecular complexity index is 1000. The zero-order valence-corrected chi connectivity index (χ0v) is 16.3. The molecule has 150 valence electrons. The van der Waals surface area contributed by atoms with Crippen LogP contribution in [0.25, 0.3) is 0 Å². The number of hydrogen-bond acceptors (Lipinski definition) is 4. The molecule has 0 atom stereocenters. The fraction of sp³-hybridized carbons (Fsp3) is 0.286. The van der Waals surface area contributed by atoms with Crippen LogP contribution in [0, 0.1) is 0 Å². The summed E-state index contributed by atoms with van der Waals surface area (Å²) in [6.45, 7) is 0. The molecule has 0 radical (unpaired) electrons. The molecule has 1 fully saturated rings. The second-order valence-electron chi connectivity index (χ2n) is 7.27. The number of fused-ring (bicyclic) bond motifs is 1. The standard InChI is InChI=1S/C21H20ClN3O4/c22-12-6-9-18(26)17(10-12)24-21(29)23-13-7-8-15-16(11-13)20(28)25(19(15)27)14-4-2-1-3-5-14/h6-11,14,26H,1-5H2,(H2,23,24,29). The van der Waals surface area contributed by atoms with Crippen molar-refractivity contribution in [2.45, 2.75) is 38.1 Å². The summed E-state index contributed by atoms with van der Waals surface area (Å²) in [5, 5.41) is 15.3. The summed E-state index contributed by atoms with van der Waals surface area (Å²) in [7, 11) is 0. The summed E-state index contributed by atoms with van der Waals surface area (Å²) in [6, 6.07) is 8.28. The number of nitrogens with zero attached hydrogens (tertiary/aromatic N) is 1. The minimum Gasteiger partial charge on any atom is -0.506 e. The van der Waals surface area contributed by atoms with Crippen LogP contribution in [0.2, 0.25) is 5.02 Å². The predicted octanol–water partition coefficient (Wildman–Crippen LogP) is 4.62. The average molecular weight is 414 g/mol. The van der Waals surface area contributed by atoms with E-state index in [2.05, 4.69) is 10.6 Å². The number of benzene rings is 2. The lowest BCUT2D eigenvalue weighted by molar-refractivity contribution is 0.0549. The lowest BCUT2D eigenvalue weighted by Gasteiger charge is -2.29. The number of phenolic OH excluding ortho intramolecular Hbond substituents is 1. The lowest BCUT2D eigenvalue weighted by atomic mass is 9.94. The van der Waals surface area contributed by atoms with E-state index in [1.54, 1.807) is 12.1 Å². The van der Waals surface area contributed by atoms with Crippen LogP contribution in [0.15, 0.2) is 36.4 Å². The maximum Gasteiger partial charge on any atom is 0.323 e. The van der Waals surface area contributed by atoms with Gasteiger partial charge in [-0.15, -0.1) is 0 Å². The lowest BCUT2D eigenvalue weighted by Crippen LogP contribution is -2.40. The number of amides is 4. The molecule has 1 aliphatic carbocycles. The number of rotatable bonds is 3. The second kappa shape index (κ2) is 7.75. The van der Waals surface area contributed by atoms with Crippen molar-refractivity contribution in [2.75, 3.05) is 10.6 Å². The van der Waals surface area contributed by atoms with Gasteiger partial charge < -0.3 is 15.7 Å². The van der Waals surface area contributed by atoms with Crippen LogP contribution >= 0.6 is 11.6 Å². The number of carbonyl (C=O) groups excluding carboxylic acids is 3. The summed E-state index contributed by atoms with van der Waals surface area (Å²) in [5.41, 5.74) is 1.18. The molecule has 1 saturated carbocycles. The maximum absolute atomic E-state index is 12.8. The molecule has 4 rings (SSSR count). The number of imide groups is 1. The molecule has 7 nitrogen and oxygen atoms in total. The molecule has 4 amide bonds. The number of carbonyl (C=O) groups is 3. The number of halogens is 1. The topological polar surface area (TPSA) is 98.7 Å². The third-order valence-electron chi connectivity index (χ3n) is 5.32. The first-order valence-corrected chi connectivity index (χ1v) is 9.90. The first-order chi connectivity index (χ1) is 13.9. The van der Waals surface area contributed by atoms with Crippen LogP contribution in [0.1, 0.15) is 52.8 Å². The average Bonchev–Trinajstić information content (AvgIpc) is 2.95. The Labute approximate surface area is 172 Å². The molecule has 1 heterocycles. The van der Waals surface area contributed by atoms with E-state index in [-0.39, 0.29) is 29.3 Å². The van der Waals surface area contributed by atoms with Gasteiger partial charge in [0.05, 0.1) is 16.8 Å². The van der Waals surface area contributed by atoms with Gasteiger partial charge >= 0.3 is 6.03 Å². The third kappa shape index (κ3) is 3.78. The highest BCUT2D eigenvalue weighted by Crippen LogP contribution is 2.32. The van der Waals surface area contributed by atoms with Gasteiger partial charge in [-0.1, -0.05) is 30.9 Å². The highest BCUT2D eigenvalue weighted by atomic mass is 35.5. The Kier molecular flexibility index (Phi) is 5.15. The first kappa shape index (κ1) is 19.3. The number of phenols is 1. The van der Waals surface area contributed by atoms with Gasteiger partial charge in [0.15, 0.2) is 0 Å². The monoisotopic (exact) mass is 413 g/mol. The summed E-state index contributed by atoms with van der Waals surface area (Å²) in [6.07, 6.45) is 4.83. The van der Waals surface area contributed by atoms with Crippen molar-refractivity contribution in [3.8, 4) is 5.75 Å². The Morgan fingerprint density at radius 2 is 1.69 bits per heavy atom. The van der Waals surface area contributed by atoms with Crippen LogP contribution in [0.5, 0.6) is 5.75 Å². The minimum absolute atomic E-state index is 0.0540. The molecule has 3 N–H and O–H groups in total. The van der Waals surface area contributed by atoms with E-state index in [9.17, 15) is 19.5 Å². The largest absolute Gasteiger partial charge is 0.506 e. The SMILES string of the molecule is O=C(Nc1ccc2c(c1)C(=O)N(C1CCCCC1)C2=O)Nc1cc(Cl)ccc1O. The van der Waals surface area contributed by atoms with Gasteiger partial charge in [-0.2, -0.15) is 0 Å². The Morgan fingerprint density at radius 1 is 0.966 bits per heavy atom. The highest BCUT2D eigenvalue weighted by Gasteiger charge is 2.40. The van der Waals surface area contributed by atoms with E-state index in [0.29, 0.717) is 21.8 Å². The van der Waals surface area contributed by atoms with E-state index in [0.717, 1.165) is 32.1 Å². The van der Waals surface area contributed by atoms with Crippen molar-refractivity contribution in [3.63, 3.8) is 0 Å². The van der Waals surface area contributed by atoms with Gasteiger partial charge in [0.25, 0.3) is 11.8 Å². The maximum atomic E-state index is 12.8. The van der Waals surface area contributed by atoms with Gasteiger partial charge in [0, 0.05) is 16.8 Å². The molecule has 0 unspecified atom stereocenters. The molecule has 2 aliphatic rings. The molecule has 2 aromatic carbocycles. The molecule has 0 saturated heterocycles. The van der Waals surface area contributed by atoms with Crippen LogP contribution in [0.3, 0.4) is 0 Å². The molecule has 29 heavy (non-hydrogen) atoms. The van der Waals surface area contributed by atoms with E-state index < -0.39 is 6.03 Å². The molecule has 2 aromatic rings. The minimum atomic E-state index is -0.608. The van der Waals surface area contributed by atoms with Crippen LogP contribution in [-0.2, 0) is 0 Å². The summed E-state index contributed by atoms with van der Waals surface area (Å²) in [4.78, 5) is 39.2. The molecule has 8 heteroatoms. The van der Waals surface area contributed by atoms with Gasteiger partial charge in [0.2, 0.25) is 0 Å². The van der Waals surface area contributed by atoms with Gasteiger partial charge in [-0.3, -0.25) is 14.5 Å². The fourth-order valence-electron chi connectivity index (χ4n) is 3.90. The first-order valence-electron chi connectivity index (χ1n) is 9.52. The van der Waals surface area contributed by atoms with Crippen molar-refractivity contribution in [3.05, 3.63) is 52.5 Å². The van der Waals surface area contributed by atoms with E-state index in [1.807, 2.05) is 0 Å². The van der Waals surface area contributed by atoms with E-state index in [4.69, 9.17) is 11.6 Å². The van der Waals surface area contributed by atoms with Crippen LogP contribution in [-0.4, -0.2) is 33.9 Å². The van der Waals surface area contributed by atoms with Crippen LogP contribution < -0.4 is 10.6 Å². The van der Waals surface area contributed by atoms with E-state index >= 15 is 0 Å². The summed E-state index contributed by atoms with van der Waals surface area (Å²) < 4.78 is 0. The highest BCUT2D eigenvalue weighted by molar-refractivity contribution is 6.31. The zero-order valence-electron chi connectivity index (χ0n) is 15.6. The Balaban J connectivity index is 1.50. The molecule has 0 spiro atoms. The Hall–Kier alpha value is -3.06. The van der Waals surface area contributed by atoms with Crippen molar-refractivity contribution < 1.29 is 19.5 Å². The fourth-order valence-corrected chi connectivity index (χ4v) is 4.07. The van der Waals surface area contributed by atoms with Crippen molar-refractivity contribution >= 4 is 40.8 Å². The predicted molar refractivity (Wildman–Crippen MR) is 110 cm³/mol. The summed E-state index contributed by atoms with van der Waals surface area (Å²) in [5.74, 6) is -0.701. The number of nitrogens with one attached hydrogen (secondary N) is 2. The van der Waals surface area contributed by atoms with Crippen molar-refractivity contribution in [1.82, 2.24) is 4.90 Å². The summed E-state index contributed by atoms with van der Waals surface area (Å²) >= 11 is 5.87. The van der Waals surface area contributed by atoms with Crippen LogP contribution in [0.4, 0.5) is 16.2 Å². The molecule has 0 aromatic heterocycles. The van der Waals surface area contributed by atoms with Crippen molar-refractivity contribution in [1.29, 1.82) is 0 Å². The molecule has 0 bridgehead atoms. The zero-order chi connectivity index (χ0) is 20.5. The van der Waals surface area contributed by atoms with Gasteiger partial charge in [-0.25, -0.2) is 4.79 Å². The van der Waals surface area contributed by atoms with E-state index in [1.165, 1.54) is 29.2 Å². The smallest absolute Gasteiger partial charge is 0.323 e. The van der Waals surface area contributed by atoms with Gasteiger partial charge in [-0.05, 0) is 49.2 Å². The van der Waals surface area contributed by atoms with Gasteiger partial charge in [0.1, 0.15) is 5.75 Å². The molecular weight excluding hydrogens is 394 g/mol. The number of urea groups is 1. The molecular formula is C21H20ClN3O4. The Morgan fingerprint density at radius 3 is 2.45 bits per heavy atom. The quantitative estimate of drug-likeness (QED) is 0.505. The van der Waals surface area contributed by atoms with Crippen molar-refractivity contribution in [2.24, 2.45) is 0 Å². The third-order valence-corrected chi connectivity index (χ3v) is 5.56. The molecule has 1 aliphatic heterocycles. The number of aromatic hydroxyl groups is 1. The number of hydrogen-bond donors (Lipinski definition) is 3. The number of anilines is 2.